The van der Waals surface area contributed by atoms with Gasteiger partial charge in [0.2, 0.25) is 0 Å². The van der Waals surface area contributed by atoms with Gasteiger partial charge >= 0.3 is 0 Å². The predicted molar refractivity (Wildman–Crippen MR) is 135 cm³/mol. The molecule has 1 fully saturated rings. The molecule has 2 aromatic carbocycles. The van der Waals surface area contributed by atoms with Crippen molar-refractivity contribution in [3.8, 4) is 0 Å². The lowest BCUT2D eigenvalue weighted by Crippen LogP contribution is -2.38. The van der Waals surface area contributed by atoms with Gasteiger partial charge in [0.15, 0.2) is 5.11 Å². The number of methoxy groups -OCH3 is 1. The predicted octanol–water partition coefficient (Wildman–Crippen LogP) is 4.45. The fraction of sp³-hybridized carbons (Fsp3) is 0.409. The summed E-state index contributed by atoms with van der Waals surface area (Å²) in [6, 6.07) is 11.9. The topological polar surface area (TPSA) is 82.7 Å². The molecule has 1 aliphatic rings. The molecule has 3 N–H and O–H groups in total. The summed E-state index contributed by atoms with van der Waals surface area (Å²) in [6.07, 6.45) is 3.23. The average Bonchev–Trinajstić information content (AvgIpc) is 2.76. The van der Waals surface area contributed by atoms with Crippen LogP contribution < -0.4 is 20.3 Å². The normalized spacial score (nSPS) is 15.2. The van der Waals surface area contributed by atoms with Crippen molar-refractivity contribution in [3.63, 3.8) is 0 Å². The second-order valence-corrected chi connectivity index (χ2v) is 10.3. The van der Waals surface area contributed by atoms with Crippen LogP contribution in [0.2, 0.25) is 5.02 Å². The Labute approximate surface area is 200 Å². The van der Waals surface area contributed by atoms with Gasteiger partial charge in [-0.05, 0) is 80.9 Å². The molecule has 0 aliphatic carbocycles. The van der Waals surface area contributed by atoms with Crippen LogP contribution in [-0.2, 0) is 14.8 Å². The zero-order valence-corrected chi connectivity index (χ0v) is 20.6. The summed E-state index contributed by atoms with van der Waals surface area (Å²) in [7, 11) is -2.23. The van der Waals surface area contributed by atoms with E-state index in [0.29, 0.717) is 33.8 Å². The quantitative estimate of drug-likeness (QED) is 0.465. The summed E-state index contributed by atoms with van der Waals surface area (Å²) in [4.78, 5) is 2.33. The standard InChI is InChI=1S/C22H29ClN4O3S2/c1-16(15-30-2)24-22(31)25-19-10-11-20(27-12-4-3-5-13-27)21(14-19)32(28,29)26-18-8-6-17(23)7-9-18/h6-11,14,16,26H,3-5,12-13,15H2,1-2H3,(H2,24,25,31). The van der Waals surface area contributed by atoms with Gasteiger partial charge in [-0.2, -0.15) is 0 Å². The van der Waals surface area contributed by atoms with E-state index in [1.807, 2.05) is 19.1 Å². The number of piperidine rings is 1. The molecule has 2 aromatic rings. The summed E-state index contributed by atoms with van der Waals surface area (Å²) >= 11 is 11.3. The molecule has 1 heterocycles. The molecule has 0 aromatic heterocycles. The summed E-state index contributed by atoms with van der Waals surface area (Å²) < 4.78 is 34.6. The second kappa shape index (κ2) is 11.2. The van der Waals surface area contributed by atoms with Gasteiger partial charge in [0.05, 0.1) is 12.3 Å². The number of nitrogens with one attached hydrogen (secondary N) is 3. The molecule has 1 unspecified atom stereocenters. The van der Waals surface area contributed by atoms with E-state index in [9.17, 15) is 8.42 Å². The zero-order chi connectivity index (χ0) is 23.1. The third-order valence-corrected chi connectivity index (χ3v) is 6.98. The SMILES string of the molecule is COCC(C)NC(=S)Nc1ccc(N2CCCCC2)c(S(=O)(=O)Nc2ccc(Cl)cc2)c1. The smallest absolute Gasteiger partial charge is 0.264 e. The minimum absolute atomic E-state index is 0.0161. The van der Waals surface area contributed by atoms with Crippen molar-refractivity contribution in [2.75, 3.05) is 41.7 Å². The Hall–Kier alpha value is -2.07. The Kier molecular flexibility index (Phi) is 8.58. The number of benzene rings is 2. The van der Waals surface area contributed by atoms with Crippen LogP contribution in [0.4, 0.5) is 17.1 Å². The highest BCUT2D eigenvalue weighted by molar-refractivity contribution is 7.93. The molecule has 0 saturated carbocycles. The lowest BCUT2D eigenvalue weighted by Gasteiger charge is -2.30. The first-order valence-electron chi connectivity index (χ1n) is 10.5. The Morgan fingerprint density at radius 3 is 2.44 bits per heavy atom. The molecule has 10 heteroatoms. The molecule has 3 rings (SSSR count). The van der Waals surface area contributed by atoms with Crippen molar-refractivity contribution >= 4 is 56.0 Å². The second-order valence-electron chi connectivity index (χ2n) is 7.80. The fourth-order valence-corrected chi connectivity index (χ4v) is 5.37. The van der Waals surface area contributed by atoms with E-state index >= 15 is 0 Å². The third-order valence-electron chi connectivity index (χ3n) is 5.09. The number of hydrogen-bond acceptors (Lipinski definition) is 5. The molecule has 32 heavy (non-hydrogen) atoms. The van der Waals surface area contributed by atoms with Gasteiger partial charge in [0, 0.05) is 42.6 Å². The van der Waals surface area contributed by atoms with Crippen molar-refractivity contribution in [1.29, 1.82) is 0 Å². The number of thiocarbonyl (C=S) groups is 1. The molecular formula is C22H29ClN4O3S2. The van der Waals surface area contributed by atoms with Crippen molar-refractivity contribution < 1.29 is 13.2 Å². The Morgan fingerprint density at radius 2 is 1.78 bits per heavy atom. The first kappa shape index (κ1) is 24.6. The van der Waals surface area contributed by atoms with Gasteiger partial charge in [-0.25, -0.2) is 8.42 Å². The molecule has 0 bridgehead atoms. The maximum absolute atomic E-state index is 13.4. The van der Waals surface area contributed by atoms with Gasteiger partial charge in [0.1, 0.15) is 4.90 Å². The molecule has 174 valence electrons. The van der Waals surface area contributed by atoms with Gasteiger partial charge in [-0.1, -0.05) is 11.6 Å². The van der Waals surface area contributed by atoms with E-state index in [-0.39, 0.29) is 10.9 Å². The molecular weight excluding hydrogens is 468 g/mol. The van der Waals surface area contributed by atoms with Crippen LogP contribution in [0.25, 0.3) is 0 Å². The van der Waals surface area contributed by atoms with Gasteiger partial charge in [0.25, 0.3) is 10.0 Å². The Bertz CT molecular complexity index is 1030. The first-order chi connectivity index (χ1) is 15.3. The number of ether oxygens (including phenoxy) is 1. The highest BCUT2D eigenvalue weighted by Crippen LogP contribution is 2.32. The van der Waals surface area contributed by atoms with Gasteiger partial charge < -0.3 is 20.3 Å². The molecule has 1 aliphatic heterocycles. The lowest BCUT2D eigenvalue weighted by atomic mass is 10.1. The molecule has 1 atom stereocenters. The average molecular weight is 497 g/mol. The highest BCUT2D eigenvalue weighted by Gasteiger charge is 2.24. The zero-order valence-electron chi connectivity index (χ0n) is 18.2. The maximum Gasteiger partial charge on any atom is 0.264 e. The van der Waals surface area contributed by atoms with E-state index in [0.717, 1.165) is 32.4 Å². The van der Waals surface area contributed by atoms with Crippen molar-refractivity contribution in [3.05, 3.63) is 47.5 Å². The third kappa shape index (κ3) is 6.71. The van der Waals surface area contributed by atoms with E-state index < -0.39 is 10.0 Å². The molecule has 0 amide bonds. The van der Waals surface area contributed by atoms with E-state index in [4.69, 9.17) is 28.6 Å². The monoisotopic (exact) mass is 496 g/mol. The Morgan fingerprint density at radius 1 is 1.12 bits per heavy atom. The summed E-state index contributed by atoms with van der Waals surface area (Å²) in [5.41, 5.74) is 1.72. The van der Waals surface area contributed by atoms with Gasteiger partial charge in [-0.3, -0.25) is 4.72 Å². The molecule has 7 nitrogen and oxygen atoms in total. The van der Waals surface area contributed by atoms with E-state index in [1.165, 1.54) is 0 Å². The maximum atomic E-state index is 13.4. The summed E-state index contributed by atoms with van der Waals surface area (Å²) in [5.74, 6) is 0. The number of sulfonamides is 1. The first-order valence-corrected chi connectivity index (χ1v) is 12.8. The summed E-state index contributed by atoms with van der Waals surface area (Å²) in [5, 5.41) is 7.14. The minimum atomic E-state index is -3.85. The number of anilines is 3. The number of halogens is 1. The molecule has 0 spiro atoms. The van der Waals surface area contributed by atoms with Crippen LogP contribution in [0.15, 0.2) is 47.4 Å². The number of rotatable bonds is 8. The lowest BCUT2D eigenvalue weighted by molar-refractivity contribution is 0.179. The van der Waals surface area contributed by atoms with Crippen LogP contribution in [0.3, 0.4) is 0 Å². The minimum Gasteiger partial charge on any atom is -0.383 e. The van der Waals surface area contributed by atoms with Crippen LogP contribution in [0.5, 0.6) is 0 Å². The Balaban J connectivity index is 1.89. The summed E-state index contributed by atoms with van der Waals surface area (Å²) in [6.45, 7) is 4.10. The van der Waals surface area contributed by atoms with E-state index in [1.54, 1.807) is 37.4 Å². The van der Waals surface area contributed by atoms with Crippen LogP contribution >= 0.6 is 23.8 Å². The van der Waals surface area contributed by atoms with Crippen LogP contribution in [0.1, 0.15) is 26.2 Å². The van der Waals surface area contributed by atoms with Crippen molar-refractivity contribution in [1.82, 2.24) is 5.32 Å². The molecule has 1 saturated heterocycles. The number of nitrogens with zero attached hydrogens (tertiary/aromatic N) is 1. The number of hydrogen-bond donors (Lipinski definition) is 3. The van der Waals surface area contributed by atoms with Crippen LogP contribution in [-0.4, -0.2) is 46.4 Å². The highest BCUT2D eigenvalue weighted by atomic mass is 35.5. The van der Waals surface area contributed by atoms with Gasteiger partial charge in [-0.15, -0.1) is 0 Å². The molecule has 0 radical (unpaired) electrons. The van der Waals surface area contributed by atoms with Crippen molar-refractivity contribution in [2.45, 2.75) is 37.1 Å². The van der Waals surface area contributed by atoms with Crippen molar-refractivity contribution in [2.24, 2.45) is 0 Å². The largest absolute Gasteiger partial charge is 0.383 e. The fourth-order valence-electron chi connectivity index (χ4n) is 3.61. The van der Waals surface area contributed by atoms with E-state index in [2.05, 4.69) is 20.3 Å². The van der Waals surface area contributed by atoms with Crippen LogP contribution in [0, 0.1) is 0 Å².